The number of anilines is 1. The summed E-state index contributed by atoms with van der Waals surface area (Å²) in [5, 5.41) is 19.0. The van der Waals surface area contributed by atoms with Gasteiger partial charge < -0.3 is 4.90 Å². The number of carbonyl (C=O) groups is 1. The minimum absolute atomic E-state index is 0.0540. The van der Waals surface area contributed by atoms with Crippen LogP contribution in [0.2, 0.25) is 5.02 Å². The SMILES string of the molecule is CC(Sc1nnc(-c2ccccc2Cl)n1C1CCCC1)C(=O)N(CCC#N)c1ccccc1. The van der Waals surface area contributed by atoms with Crippen LogP contribution in [0.5, 0.6) is 0 Å². The number of hydrogen-bond acceptors (Lipinski definition) is 5. The second kappa shape index (κ2) is 10.9. The fraction of sp³-hybridized carbons (Fsp3) is 0.360. The van der Waals surface area contributed by atoms with Crippen LogP contribution in [-0.4, -0.2) is 32.5 Å². The summed E-state index contributed by atoms with van der Waals surface area (Å²) in [7, 11) is 0. The highest BCUT2D eigenvalue weighted by Crippen LogP contribution is 2.39. The Bertz CT molecular complexity index is 1140. The van der Waals surface area contributed by atoms with Gasteiger partial charge in [0.25, 0.3) is 0 Å². The Morgan fingerprint density at radius 1 is 1.18 bits per heavy atom. The smallest absolute Gasteiger partial charge is 0.240 e. The molecule has 6 nitrogen and oxygen atoms in total. The zero-order valence-electron chi connectivity index (χ0n) is 18.5. The van der Waals surface area contributed by atoms with Crippen molar-refractivity contribution >= 4 is 35.0 Å². The van der Waals surface area contributed by atoms with E-state index >= 15 is 0 Å². The number of benzene rings is 2. The van der Waals surface area contributed by atoms with Crippen molar-refractivity contribution in [2.75, 3.05) is 11.4 Å². The lowest BCUT2D eigenvalue weighted by Crippen LogP contribution is -2.37. The molecule has 0 saturated heterocycles. The predicted molar refractivity (Wildman–Crippen MR) is 132 cm³/mol. The van der Waals surface area contributed by atoms with Gasteiger partial charge in [-0.15, -0.1) is 10.2 Å². The first-order valence-electron chi connectivity index (χ1n) is 11.2. The molecule has 0 bridgehead atoms. The molecule has 170 valence electrons. The van der Waals surface area contributed by atoms with Gasteiger partial charge in [-0.2, -0.15) is 5.26 Å². The fourth-order valence-electron chi connectivity index (χ4n) is 4.24. The minimum Gasteiger partial charge on any atom is -0.310 e. The number of carbonyl (C=O) groups excluding carboxylic acids is 1. The van der Waals surface area contributed by atoms with Gasteiger partial charge in [0, 0.05) is 23.8 Å². The minimum atomic E-state index is -0.396. The molecule has 1 aliphatic rings. The number of halogens is 1. The van der Waals surface area contributed by atoms with Crippen LogP contribution in [0, 0.1) is 11.3 Å². The highest BCUT2D eigenvalue weighted by Gasteiger charge is 2.29. The van der Waals surface area contributed by atoms with E-state index in [0.717, 1.165) is 35.1 Å². The first-order chi connectivity index (χ1) is 16.1. The molecule has 8 heteroatoms. The van der Waals surface area contributed by atoms with Gasteiger partial charge in [0.2, 0.25) is 5.91 Å². The zero-order chi connectivity index (χ0) is 23.2. The van der Waals surface area contributed by atoms with Crippen LogP contribution in [0.1, 0.15) is 45.1 Å². The Hall–Kier alpha value is -2.82. The van der Waals surface area contributed by atoms with E-state index in [-0.39, 0.29) is 12.3 Å². The maximum Gasteiger partial charge on any atom is 0.240 e. The lowest BCUT2D eigenvalue weighted by Gasteiger charge is -2.25. The lowest BCUT2D eigenvalue weighted by atomic mass is 10.2. The normalized spacial score (nSPS) is 14.7. The molecule has 1 aliphatic carbocycles. The number of nitriles is 1. The second-order valence-corrected chi connectivity index (χ2v) is 9.80. The molecule has 1 heterocycles. The molecule has 1 saturated carbocycles. The standard InChI is InChI=1S/C25H26ClN5OS/c1-18(24(32)30(17-9-16-27)19-10-3-2-4-11-19)33-25-29-28-23(21-14-7-8-15-22(21)26)31(25)20-12-5-6-13-20/h2-4,7-8,10-11,14-15,18,20H,5-6,9,12-13,17H2,1H3. The molecule has 4 rings (SSSR count). The van der Waals surface area contributed by atoms with E-state index in [4.69, 9.17) is 16.9 Å². The number of rotatable bonds is 8. The molecule has 0 N–H and O–H groups in total. The summed E-state index contributed by atoms with van der Waals surface area (Å²) in [6.07, 6.45) is 4.72. The summed E-state index contributed by atoms with van der Waals surface area (Å²) >= 11 is 7.90. The quantitative estimate of drug-likeness (QED) is 0.362. The van der Waals surface area contributed by atoms with Crippen molar-refractivity contribution in [1.29, 1.82) is 5.26 Å². The van der Waals surface area contributed by atoms with Crippen molar-refractivity contribution in [3.8, 4) is 17.5 Å². The van der Waals surface area contributed by atoms with Crippen molar-refractivity contribution in [3.05, 3.63) is 59.6 Å². The monoisotopic (exact) mass is 479 g/mol. The fourth-order valence-corrected chi connectivity index (χ4v) is 5.44. The maximum atomic E-state index is 13.4. The molecule has 0 aliphatic heterocycles. The summed E-state index contributed by atoms with van der Waals surface area (Å²) in [4.78, 5) is 15.1. The first kappa shape index (κ1) is 23.3. The van der Waals surface area contributed by atoms with Crippen LogP contribution < -0.4 is 4.90 Å². The number of amides is 1. The van der Waals surface area contributed by atoms with E-state index in [9.17, 15) is 4.79 Å². The summed E-state index contributed by atoms with van der Waals surface area (Å²) in [6.45, 7) is 2.24. The molecule has 1 unspecified atom stereocenters. The number of hydrogen-bond donors (Lipinski definition) is 0. The van der Waals surface area contributed by atoms with Crippen LogP contribution >= 0.6 is 23.4 Å². The van der Waals surface area contributed by atoms with Crippen LogP contribution in [0.25, 0.3) is 11.4 Å². The second-order valence-electron chi connectivity index (χ2n) is 8.09. The number of thioether (sulfide) groups is 1. The van der Waals surface area contributed by atoms with Gasteiger partial charge in [-0.3, -0.25) is 9.36 Å². The van der Waals surface area contributed by atoms with E-state index in [1.165, 1.54) is 24.6 Å². The first-order valence-corrected chi connectivity index (χ1v) is 12.5. The van der Waals surface area contributed by atoms with Crippen LogP contribution in [0.4, 0.5) is 5.69 Å². The third-order valence-corrected chi connectivity index (χ3v) is 7.25. The highest BCUT2D eigenvalue weighted by molar-refractivity contribution is 8.00. The summed E-state index contributed by atoms with van der Waals surface area (Å²) in [5.74, 6) is 0.695. The maximum absolute atomic E-state index is 13.4. The molecule has 1 aromatic heterocycles. The van der Waals surface area contributed by atoms with Crippen molar-refractivity contribution < 1.29 is 4.79 Å². The van der Waals surface area contributed by atoms with Crippen LogP contribution in [0.3, 0.4) is 0 Å². The predicted octanol–water partition coefficient (Wildman–Crippen LogP) is 6.14. The third kappa shape index (κ3) is 5.23. The molecule has 2 aromatic carbocycles. The van der Waals surface area contributed by atoms with Crippen molar-refractivity contribution in [1.82, 2.24) is 14.8 Å². The average molecular weight is 480 g/mol. The molecule has 1 atom stereocenters. The van der Waals surface area contributed by atoms with Gasteiger partial charge in [0.15, 0.2) is 11.0 Å². The average Bonchev–Trinajstić information content (AvgIpc) is 3.50. The summed E-state index contributed by atoms with van der Waals surface area (Å²) < 4.78 is 2.17. The van der Waals surface area contributed by atoms with Gasteiger partial charge in [0.05, 0.1) is 22.8 Å². The Balaban J connectivity index is 1.63. The molecule has 1 amide bonds. The lowest BCUT2D eigenvalue weighted by molar-refractivity contribution is -0.117. The van der Waals surface area contributed by atoms with Crippen molar-refractivity contribution in [2.45, 2.75) is 55.5 Å². The van der Waals surface area contributed by atoms with Crippen LogP contribution in [-0.2, 0) is 4.79 Å². The van der Waals surface area contributed by atoms with Gasteiger partial charge in [-0.05, 0) is 44.0 Å². The highest BCUT2D eigenvalue weighted by atomic mass is 35.5. The van der Waals surface area contributed by atoms with Gasteiger partial charge in [0.1, 0.15) is 0 Å². The Labute approximate surface area is 203 Å². The molecule has 33 heavy (non-hydrogen) atoms. The number of aromatic nitrogens is 3. The Morgan fingerprint density at radius 2 is 1.88 bits per heavy atom. The van der Waals surface area contributed by atoms with Gasteiger partial charge in [-0.1, -0.05) is 66.5 Å². The summed E-state index contributed by atoms with van der Waals surface area (Å²) in [5.41, 5.74) is 1.64. The van der Waals surface area contributed by atoms with Crippen LogP contribution in [0.15, 0.2) is 59.8 Å². The van der Waals surface area contributed by atoms with Gasteiger partial charge in [-0.25, -0.2) is 0 Å². The van der Waals surface area contributed by atoms with E-state index in [1.807, 2.05) is 61.5 Å². The molecular weight excluding hydrogens is 454 g/mol. The summed E-state index contributed by atoms with van der Waals surface area (Å²) in [6, 6.07) is 19.6. The Morgan fingerprint density at radius 3 is 2.58 bits per heavy atom. The van der Waals surface area contributed by atoms with E-state index in [1.54, 1.807) is 4.90 Å². The Kier molecular flexibility index (Phi) is 7.69. The van der Waals surface area contributed by atoms with E-state index in [0.29, 0.717) is 17.6 Å². The van der Waals surface area contributed by atoms with Crippen molar-refractivity contribution in [3.63, 3.8) is 0 Å². The third-order valence-electron chi connectivity index (χ3n) is 5.88. The number of para-hydroxylation sites is 1. The van der Waals surface area contributed by atoms with E-state index in [2.05, 4.69) is 20.8 Å². The topological polar surface area (TPSA) is 74.8 Å². The molecule has 0 spiro atoms. The van der Waals surface area contributed by atoms with Crippen molar-refractivity contribution in [2.24, 2.45) is 0 Å². The number of nitrogens with zero attached hydrogens (tertiary/aromatic N) is 5. The van der Waals surface area contributed by atoms with Gasteiger partial charge >= 0.3 is 0 Å². The molecule has 3 aromatic rings. The molecule has 1 fully saturated rings. The largest absolute Gasteiger partial charge is 0.310 e. The molecular formula is C25H26ClN5OS. The zero-order valence-corrected chi connectivity index (χ0v) is 20.1. The molecule has 0 radical (unpaired) electrons. The van der Waals surface area contributed by atoms with E-state index < -0.39 is 5.25 Å².